The lowest BCUT2D eigenvalue weighted by atomic mass is 10.1. The minimum absolute atomic E-state index is 0.0527. The van der Waals surface area contributed by atoms with Crippen LogP contribution in [-0.4, -0.2) is 47.7 Å². The third kappa shape index (κ3) is 3.93. The Morgan fingerprint density at radius 2 is 2.04 bits per heavy atom. The van der Waals surface area contributed by atoms with Gasteiger partial charge >= 0.3 is 0 Å². The number of likely N-dealkylation sites (tertiary alicyclic amines) is 1. The lowest BCUT2D eigenvalue weighted by Crippen LogP contribution is -2.47. The monoisotopic (exact) mass is 330 g/mol. The fraction of sp³-hybridized carbons (Fsp3) is 0.500. The Kier molecular flexibility index (Phi) is 4.83. The van der Waals surface area contributed by atoms with Crippen molar-refractivity contribution in [3.8, 4) is 5.75 Å². The first-order chi connectivity index (χ1) is 11.5. The molecule has 1 atom stereocenters. The first-order valence-electron chi connectivity index (χ1n) is 8.38. The second-order valence-electron chi connectivity index (χ2n) is 6.40. The number of nitrogens with zero attached hydrogens (tertiary/aromatic N) is 1. The zero-order valence-corrected chi connectivity index (χ0v) is 13.8. The van der Waals surface area contributed by atoms with Gasteiger partial charge in [-0.1, -0.05) is 12.1 Å². The van der Waals surface area contributed by atoms with Gasteiger partial charge in [0.1, 0.15) is 11.8 Å². The molecular weight excluding hydrogens is 308 g/mol. The molecule has 3 rings (SSSR count). The van der Waals surface area contributed by atoms with Gasteiger partial charge in [-0.3, -0.25) is 14.4 Å². The summed E-state index contributed by atoms with van der Waals surface area (Å²) in [6.07, 6.45) is 3.59. The Balaban J connectivity index is 1.56. The number of amides is 2. The lowest BCUT2D eigenvalue weighted by Gasteiger charge is -2.24. The summed E-state index contributed by atoms with van der Waals surface area (Å²) in [6, 6.07) is 6.66. The van der Waals surface area contributed by atoms with Gasteiger partial charge in [0.05, 0.1) is 0 Å². The van der Waals surface area contributed by atoms with Crippen molar-refractivity contribution in [3.63, 3.8) is 0 Å². The number of hydrogen-bond donors (Lipinski definition) is 1. The van der Waals surface area contributed by atoms with Crippen LogP contribution in [0.3, 0.4) is 0 Å². The van der Waals surface area contributed by atoms with Gasteiger partial charge in [-0.15, -0.1) is 0 Å². The molecule has 1 aromatic rings. The maximum atomic E-state index is 12.4. The first-order valence-corrected chi connectivity index (χ1v) is 8.38. The molecule has 1 saturated heterocycles. The topological polar surface area (TPSA) is 75.7 Å². The highest BCUT2D eigenvalue weighted by molar-refractivity contribution is 5.94. The van der Waals surface area contributed by atoms with Crippen LogP contribution >= 0.6 is 0 Å². The van der Waals surface area contributed by atoms with Crippen LogP contribution in [0, 0.1) is 0 Å². The van der Waals surface area contributed by atoms with Crippen molar-refractivity contribution in [3.05, 3.63) is 29.8 Å². The van der Waals surface area contributed by atoms with Gasteiger partial charge in [0.15, 0.2) is 12.4 Å². The van der Waals surface area contributed by atoms with E-state index in [-0.39, 0.29) is 30.2 Å². The van der Waals surface area contributed by atoms with Gasteiger partial charge < -0.3 is 15.0 Å². The molecule has 0 spiro atoms. The molecule has 24 heavy (non-hydrogen) atoms. The molecule has 1 aliphatic carbocycles. The van der Waals surface area contributed by atoms with Gasteiger partial charge in [-0.2, -0.15) is 0 Å². The molecule has 0 aromatic heterocycles. The second-order valence-corrected chi connectivity index (χ2v) is 6.40. The van der Waals surface area contributed by atoms with Crippen molar-refractivity contribution >= 4 is 17.6 Å². The van der Waals surface area contributed by atoms with E-state index in [0.717, 1.165) is 19.3 Å². The van der Waals surface area contributed by atoms with Gasteiger partial charge in [-0.25, -0.2) is 0 Å². The van der Waals surface area contributed by atoms with E-state index in [2.05, 4.69) is 5.32 Å². The Morgan fingerprint density at radius 1 is 1.25 bits per heavy atom. The van der Waals surface area contributed by atoms with Gasteiger partial charge in [0.25, 0.3) is 5.91 Å². The normalized spacial score (nSPS) is 19.9. The highest BCUT2D eigenvalue weighted by Gasteiger charge is 2.36. The summed E-state index contributed by atoms with van der Waals surface area (Å²) in [7, 11) is 0. The summed E-state index contributed by atoms with van der Waals surface area (Å²) in [5.41, 5.74) is 0.544. The number of Topliss-reactive ketones (excluding diaryl/α,β-unsaturated/α-hetero) is 1. The molecule has 2 aliphatic rings. The zero-order valence-electron chi connectivity index (χ0n) is 13.8. The molecule has 0 radical (unpaired) electrons. The van der Waals surface area contributed by atoms with Crippen molar-refractivity contribution in [1.29, 1.82) is 0 Å². The third-order valence-electron chi connectivity index (χ3n) is 4.40. The minimum atomic E-state index is -0.384. The van der Waals surface area contributed by atoms with Crippen molar-refractivity contribution in [1.82, 2.24) is 10.2 Å². The van der Waals surface area contributed by atoms with Crippen molar-refractivity contribution in [2.45, 2.75) is 44.7 Å². The van der Waals surface area contributed by atoms with E-state index in [0.29, 0.717) is 30.3 Å². The molecule has 128 valence electrons. The summed E-state index contributed by atoms with van der Waals surface area (Å²) in [5, 5.41) is 2.96. The molecule has 0 bridgehead atoms. The van der Waals surface area contributed by atoms with Crippen LogP contribution in [0.25, 0.3) is 0 Å². The van der Waals surface area contributed by atoms with Crippen LogP contribution in [0.2, 0.25) is 0 Å². The molecule has 1 saturated carbocycles. The molecule has 6 nitrogen and oxygen atoms in total. The number of carbonyl (C=O) groups excluding carboxylic acids is 3. The SMILES string of the molecule is CC(=O)c1cccc(OCC(=O)N2CCCC2C(=O)NC2CC2)c1. The molecule has 6 heteroatoms. The minimum Gasteiger partial charge on any atom is -0.484 e. The number of ketones is 1. The maximum Gasteiger partial charge on any atom is 0.261 e. The quantitative estimate of drug-likeness (QED) is 0.803. The Hall–Kier alpha value is -2.37. The average Bonchev–Trinajstić information content (AvgIpc) is 3.24. The van der Waals surface area contributed by atoms with Crippen LogP contribution in [-0.2, 0) is 9.59 Å². The summed E-state index contributed by atoms with van der Waals surface area (Å²) < 4.78 is 5.52. The lowest BCUT2D eigenvalue weighted by molar-refractivity contribution is -0.140. The standard InChI is InChI=1S/C18H22N2O4/c1-12(21)13-4-2-5-15(10-13)24-11-17(22)20-9-3-6-16(20)18(23)19-14-7-8-14/h2,4-5,10,14,16H,3,6-9,11H2,1H3,(H,19,23). The number of rotatable bonds is 6. The fourth-order valence-corrected chi connectivity index (χ4v) is 2.90. The predicted octanol–water partition coefficient (Wildman–Crippen LogP) is 1.54. The summed E-state index contributed by atoms with van der Waals surface area (Å²) in [4.78, 5) is 37.6. The molecule has 1 N–H and O–H groups in total. The highest BCUT2D eigenvalue weighted by Crippen LogP contribution is 2.22. The first kappa shape index (κ1) is 16.5. The fourth-order valence-electron chi connectivity index (χ4n) is 2.90. The van der Waals surface area contributed by atoms with E-state index in [1.54, 1.807) is 29.2 Å². The van der Waals surface area contributed by atoms with E-state index < -0.39 is 0 Å². The van der Waals surface area contributed by atoms with E-state index in [4.69, 9.17) is 4.74 Å². The van der Waals surface area contributed by atoms with Crippen LogP contribution in [0.1, 0.15) is 43.0 Å². The Morgan fingerprint density at radius 3 is 2.75 bits per heavy atom. The van der Waals surface area contributed by atoms with Gasteiger partial charge in [-0.05, 0) is 44.7 Å². The van der Waals surface area contributed by atoms with E-state index in [9.17, 15) is 14.4 Å². The Bertz CT molecular complexity index is 654. The second kappa shape index (κ2) is 7.03. The van der Waals surface area contributed by atoms with E-state index >= 15 is 0 Å². The van der Waals surface area contributed by atoms with Crippen LogP contribution < -0.4 is 10.1 Å². The van der Waals surface area contributed by atoms with Crippen molar-refractivity contribution in [2.24, 2.45) is 0 Å². The van der Waals surface area contributed by atoms with Crippen molar-refractivity contribution < 1.29 is 19.1 Å². The summed E-state index contributed by atoms with van der Waals surface area (Å²) in [6.45, 7) is 1.94. The molecule has 2 amide bonds. The molecular formula is C18H22N2O4. The number of carbonyl (C=O) groups is 3. The van der Waals surface area contributed by atoms with Gasteiger partial charge in [0, 0.05) is 18.2 Å². The van der Waals surface area contributed by atoms with Crippen LogP contribution in [0.15, 0.2) is 24.3 Å². The third-order valence-corrected chi connectivity index (χ3v) is 4.40. The summed E-state index contributed by atoms with van der Waals surface area (Å²) >= 11 is 0. The maximum absolute atomic E-state index is 12.4. The molecule has 1 heterocycles. The highest BCUT2D eigenvalue weighted by atomic mass is 16.5. The zero-order chi connectivity index (χ0) is 17.1. The largest absolute Gasteiger partial charge is 0.484 e. The predicted molar refractivity (Wildman–Crippen MR) is 87.8 cm³/mol. The average molecular weight is 330 g/mol. The molecule has 1 aromatic carbocycles. The number of nitrogens with one attached hydrogen (secondary N) is 1. The van der Waals surface area contributed by atoms with Crippen LogP contribution in [0.4, 0.5) is 0 Å². The molecule has 1 unspecified atom stereocenters. The van der Waals surface area contributed by atoms with E-state index in [1.807, 2.05) is 0 Å². The molecule has 1 aliphatic heterocycles. The van der Waals surface area contributed by atoms with E-state index in [1.165, 1.54) is 6.92 Å². The molecule has 2 fully saturated rings. The van der Waals surface area contributed by atoms with Crippen LogP contribution in [0.5, 0.6) is 5.75 Å². The Labute approximate surface area is 141 Å². The van der Waals surface area contributed by atoms with Gasteiger partial charge in [0.2, 0.25) is 5.91 Å². The number of ether oxygens (including phenoxy) is 1. The number of benzene rings is 1. The van der Waals surface area contributed by atoms with Crippen molar-refractivity contribution in [2.75, 3.05) is 13.2 Å². The smallest absolute Gasteiger partial charge is 0.261 e. The number of hydrogen-bond acceptors (Lipinski definition) is 4. The summed E-state index contributed by atoms with van der Waals surface area (Å²) in [5.74, 6) is 0.177.